The summed E-state index contributed by atoms with van der Waals surface area (Å²) in [6, 6.07) is 10.9. The number of methoxy groups -OCH3 is 1. The van der Waals surface area contributed by atoms with Crippen LogP contribution < -0.4 is 15.0 Å². The lowest BCUT2D eigenvalue weighted by Crippen LogP contribution is -2.44. The number of benzene rings is 1. The molecule has 0 aliphatic carbocycles. The Bertz CT molecular complexity index is 1290. The highest BCUT2D eigenvalue weighted by molar-refractivity contribution is 5.90. The van der Waals surface area contributed by atoms with Crippen LogP contribution in [-0.4, -0.2) is 51.5 Å². The van der Waals surface area contributed by atoms with E-state index in [1.54, 1.807) is 7.11 Å². The Hall–Kier alpha value is -3.19. The molecular formula is C27H36N6O. The SMILES string of the molecule is CC.COc1cc2nn(C)cc2cc1-c1cc2ccc(N3CCC(NC(C)(C)C)C3)nc2cn1. The Kier molecular flexibility index (Phi) is 6.75. The van der Waals surface area contributed by atoms with Gasteiger partial charge in [0.05, 0.1) is 30.0 Å². The van der Waals surface area contributed by atoms with Crippen LogP contribution in [0.25, 0.3) is 33.1 Å². The number of rotatable bonds is 4. The zero-order valence-corrected chi connectivity index (χ0v) is 21.4. The van der Waals surface area contributed by atoms with E-state index in [-0.39, 0.29) is 5.54 Å². The van der Waals surface area contributed by atoms with E-state index >= 15 is 0 Å². The average molecular weight is 461 g/mol. The third-order valence-electron chi connectivity index (χ3n) is 5.93. The maximum Gasteiger partial charge on any atom is 0.130 e. The van der Waals surface area contributed by atoms with Gasteiger partial charge in [-0.3, -0.25) is 9.67 Å². The van der Waals surface area contributed by atoms with Crippen LogP contribution in [0, 0.1) is 0 Å². The molecule has 1 aliphatic heterocycles. The third-order valence-corrected chi connectivity index (χ3v) is 5.93. The zero-order chi connectivity index (χ0) is 24.5. The summed E-state index contributed by atoms with van der Waals surface area (Å²) in [7, 11) is 3.60. The fraction of sp³-hybridized carbons (Fsp3) is 0.444. The quantitative estimate of drug-likeness (QED) is 0.452. The van der Waals surface area contributed by atoms with Gasteiger partial charge in [-0.1, -0.05) is 13.8 Å². The topological polar surface area (TPSA) is 68.1 Å². The van der Waals surface area contributed by atoms with E-state index in [0.29, 0.717) is 6.04 Å². The zero-order valence-electron chi connectivity index (χ0n) is 21.4. The van der Waals surface area contributed by atoms with Crippen molar-refractivity contribution in [1.82, 2.24) is 25.1 Å². The van der Waals surface area contributed by atoms with E-state index in [9.17, 15) is 0 Å². The van der Waals surface area contributed by atoms with E-state index in [0.717, 1.165) is 64.1 Å². The van der Waals surface area contributed by atoms with Gasteiger partial charge in [0, 0.05) is 60.3 Å². The second kappa shape index (κ2) is 9.58. The monoisotopic (exact) mass is 460 g/mol. The number of nitrogens with one attached hydrogen (secondary N) is 1. The van der Waals surface area contributed by atoms with Crippen LogP contribution in [0.15, 0.2) is 42.7 Å². The molecule has 1 unspecified atom stereocenters. The van der Waals surface area contributed by atoms with Gasteiger partial charge in [0.15, 0.2) is 0 Å². The molecule has 180 valence electrons. The fourth-order valence-electron chi connectivity index (χ4n) is 4.58. The number of hydrogen-bond acceptors (Lipinski definition) is 6. The van der Waals surface area contributed by atoms with Crippen LogP contribution in [0.3, 0.4) is 0 Å². The molecule has 1 N–H and O–H groups in total. The molecule has 4 aromatic rings. The molecule has 5 rings (SSSR count). The lowest BCUT2D eigenvalue weighted by molar-refractivity contribution is 0.373. The lowest BCUT2D eigenvalue weighted by Gasteiger charge is -2.26. The molecule has 7 heteroatoms. The highest BCUT2D eigenvalue weighted by Crippen LogP contribution is 2.34. The van der Waals surface area contributed by atoms with Crippen molar-refractivity contribution in [3.05, 3.63) is 42.7 Å². The standard InChI is InChI=1S/C25H30N6O.C2H6/c1-25(2,3)28-18-8-9-31(15-18)24-7-6-16-11-21(26-13-22(16)27-24)19-10-17-14-30(4)29-20(17)12-23(19)32-5;1-2/h6-7,10-14,18,28H,8-9,15H2,1-5H3;1-2H3. The van der Waals surface area contributed by atoms with Crippen molar-refractivity contribution in [1.29, 1.82) is 0 Å². The number of ether oxygens (including phenoxy) is 1. The summed E-state index contributed by atoms with van der Waals surface area (Å²) in [5.74, 6) is 1.78. The number of aromatic nitrogens is 4. The van der Waals surface area contributed by atoms with Crippen LogP contribution in [0.2, 0.25) is 0 Å². The second-order valence-electron chi connectivity index (χ2n) is 9.67. The summed E-state index contributed by atoms with van der Waals surface area (Å²) in [5.41, 5.74) is 3.75. The van der Waals surface area contributed by atoms with Gasteiger partial charge in [0.2, 0.25) is 0 Å². The Labute approximate surface area is 202 Å². The molecule has 34 heavy (non-hydrogen) atoms. The Balaban J connectivity index is 0.00000133. The first-order chi connectivity index (χ1) is 16.3. The number of pyridine rings is 2. The molecule has 3 aromatic heterocycles. The number of fused-ring (bicyclic) bond motifs is 2. The molecular weight excluding hydrogens is 424 g/mol. The van der Waals surface area contributed by atoms with Crippen LogP contribution in [0.1, 0.15) is 41.0 Å². The molecule has 0 spiro atoms. The van der Waals surface area contributed by atoms with E-state index in [1.807, 2.05) is 44.0 Å². The highest BCUT2D eigenvalue weighted by Gasteiger charge is 2.26. The fourth-order valence-corrected chi connectivity index (χ4v) is 4.58. The normalized spacial score (nSPS) is 16.1. The van der Waals surface area contributed by atoms with Gasteiger partial charge in [0.1, 0.15) is 11.6 Å². The highest BCUT2D eigenvalue weighted by atomic mass is 16.5. The van der Waals surface area contributed by atoms with Crippen LogP contribution in [0.4, 0.5) is 5.82 Å². The van der Waals surface area contributed by atoms with Crippen LogP contribution >= 0.6 is 0 Å². The summed E-state index contributed by atoms with van der Waals surface area (Å²) in [4.78, 5) is 12.0. The molecule has 4 heterocycles. The minimum absolute atomic E-state index is 0.123. The number of nitrogens with zero attached hydrogens (tertiary/aromatic N) is 5. The van der Waals surface area contributed by atoms with Crippen LogP contribution in [-0.2, 0) is 7.05 Å². The molecule has 1 saturated heterocycles. The predicted molar refractivity (Wildman–Crippen MR) is 141 cm³/mol. The van der Waals surface area contributed by atoms with Crippen molar-refractivity contribution in [3.8, 4) is 17.0 Å². The molecule has 1 atom stereocenters. The van der Waals surface area contributed by atoms with Crippen molar-refractivity contribution in [3.63, 3.8) is 0 Å². The van der Waals surface area contributed by atoms with Crippen molar-refractivity contribution in [2.24, 2.45) is 7.05 Å². The van der Waals surface area contributed by atoms with Crippen molar-refractivity contribution in [2.45, 2.75) is 52.6 Å². The van der Waals surface area contributed by atoms with Crippen molar-refractivity contribution >= 4 is 27.6 Å². The van der Waals surface area contributed by atoms with Gasteiger partial charge in [-0.05, 0) is 51.5 Å². The summed E-state index contributed by atoms with van der Waals surface area (Å²) in [5, 5.41) is 10.3. The van der Waals surface area contributed by atoms with Gasteiger partial charge in [-0.15, -0.1) is 0 Å². The molecule has 0 bridgehead atoms. The Morgan fingerprint density at radius 1 is 1.06 bits per heavy atom. The first-order valence-electron chi connectivity index (χ1n) is 12.1. The summed E-state index contributed by atoms with van der Waals surface area (Å²) in [6.45, 7) is 12.6. The number of aryl methyl sites for hydroxylation is 1. The second-order valence-corrected chi connectivity index (χ2v) is 9.67. The summed E-state index contributed by atoms with van der Waals surface area (Å²) >= 11 is 0. The van der Waals surface area contributed by atoms with Crippen LogP contribution in [0.5, 0.6) is 5.75 Å². The smallest absolute Gasteiger partial charge is 0.130 e. The molecule has 0 radical (unpaired) electrons. The molecule has 7 nitrogen and oxygen atoms in total. The minimum Gasteiger partial charge on any atom is -0.496 e. The van der Waals surface area contributed by atoms with Gasteiger partial charge < -0.3 is 15.0 Å². The van der Waals surface area contributed by atoms with Crippen molar-refractivity contribution < 1.29 is 4.74 Å². The predicted octanol–water partition coefficient (Wildman–Crippen LogP) is 5.19. The average Bonchev–Trinajstić information content (AvgIpc) is 3.42. The maximum atomic E-state index is 5.64. The molecule has 1 aliphatic rings. The third kappa shape index (κ3) is 4.99. The number of hydrogen-bond donors (Lipinski definition) is 1. The van der Waals surface area contributed by atoms with Gasteiger partial charge in [0.25, 0.3) is 0 Å². The Morgan fingerprint density at radius 3 is 2.59 bits per heavy atom. The molecule has 1 fully saturated rings. The van der Waals surface area contributed by atoms with Gasteiger partial charge in [-0.25, -0.2) is 4.98 Å². The molecule has 0 saturated carbocycles. The molecule has 0 amide bonds. The van der Waals surface area contributed by atoms with Gasteiger partial charge in [-0.2, -0.15) is 5.10 Å². The van der Waals surface area contributed by atoms with E-state index in [1.165, 1.54) is 0 Å². The minimum atomic E-state index is 0.123. The Morgan fingerprint density at radius 2 is 1.85 bits per heavy atom. The van der Waals surface area contributed by atoms with Crippen molar-refractivity contribution in [2.75, 3.05) is 25.1 Å². The first-order valence-corrected chi connectivity index (χ1v) is 12.1. The summed E-state index contributed by atoms with van der Waals surface area (Å²) in [6.07, 6.45) is 5.00. The largest absolute Gasteiger partial charge is 0.496 e. The lowest BCUT2D eigenvalue weighted by atomic mass is 10.1. The van der Waals surface area contributed by atoms with E-state index < -0.39 is 0 Å². The van der Waals surface area contributed by atoms with E-state index in [2.05, 4.69) is 60.4 Å². The van der Waals surface area contributed by atoms with E-state index in [4.69, 9.17) is 14.7 Å². The number of anilines is 1. The summed E-state index contributed by atoms with van der Waals surface area (Å²) < 4.78 is 7.46. The van der Waals surface area contributed by atoms with Gasteiger partial charge >= 0.3 is 0 Å². The molecule has 1 aromatic carbocycles. The maximum absolute atomic E-state index is 5.64. The first kappa shape index (κ1) is 24.0.